The fraction of sp³-hybridized carbons (Fsp3) is 0.333. The van der Waals surface area contributed by atoms with Crippen molar-refractivity contribution in [3.63, 3.8) is 0 Å². The lowest BCUT2D eigenvalue weighted by atomic mass is 9.98. The first-order chi connectivity index (χ1) is 17.5. The van der Waals surface area contributed by atoms with Crippen LogP contribution in [0.2, 0.25) is 0 Å². The number of unbranched alkanes of at least 4 members (excludes halogenated alkanes) is 1. The first-order valence-corrected chi connectivity index (χ1v) is 12.7. The minimum absolute atomic E-state index is 0.0429. The van der Waals surface area contributed by atoms with Crippen molar-refractivity contribution in [2.75, 3.05) is 29.9 Å². The summed E-state index contributed by atoms with van der Waals surface area (Å²) in [5, 5.41) is 12.7. The maximum atomic E-state index is 13.6. The van der Waals surface area contributed by atoms with Gasteiger partial charge in [-0.3, -0.25) is 4.79 Å². The van der Waals surface area contributed by atoms with Gasteiger partial charge < -0.3 is 20.1 Å². The number of aromatic carboxylic acids is 1. The largest absolute Gasteiger partial charge is 0.493 e. The molecule has 0 radical (unpaired) electrons. The number of carboxylic acids is 1. The molecule has 0 aliphatic carbocycles. The smallest absolute Gasteiger partial charge is 0.337 e. The predicted octanol–water partition coefficient (Wildman–Crippen LogP) is 6.78. The fourth-order valence-corrected chi connectivity index (χ4v) is 4.58. The molecule has 0 aromatic heterocycles. The number of nitrogens with zero attached hydrogens (tertiary/aromatic N) is 1. The molecule has 0 unspecified atom stereocenters. The summed E-state index contributed by atoms with van der Waals surface area (Å²) >= 11 is 0. The summed E-state index contributed by atoms with van der Waals surface area (Å²) in [6, 6.07) is 18.7. The van der Waals surface area contributed by atoms with E-state index in [1.165, 1.54) is 6.42 Å². The van der Waals surface area contributed by atoms with E-state index in [1.807, 2.05) is 49.4 Å². The molecular weight excluding hydrogens is 452 g/mol. The molecule has 1 aliphatic heterocycles. The third kappa shape index (κ3) is 5.88. The lowest BCUT2D eigenvalue weighted by Gasteiger charge is -2.29. The van der Waals surface area contributed by atoms with E-state index in [0.717, 1.165) is 61.2 Å². The van der Waals surface area contributed by atoms with Gasteiger partial charge in [0.15, 0.2) is 0 Å². The first-order valence-electron chi connectivity index (χ1n) is 12.7. The molecule has 188 valence electrons. The van der Waals surface area contributed by atoms with Crippen LogP contribution in [0.1, 0.15) is 65.3 Å². The lowest BCUT2D eigenvalue weighted by Crippen LogP contribution is -2.29. The van der Waals surface area contributed by atoms with Crippen LogP contribution >= 0.6 is 0 Å². The maximum absolute atomic E-state index is 13.6. The predicted molar refractivity (Wildman–Crippen MR) is 144 cm³/mol. The summed E-state index contributed by atoms with van der Waals surface area (Å²) in [5.74, 6) is -0.971. The topological polar surface area (TPSA) is 78.9 Å². The van der Waals surface area contributed by atoms with Crippen molar-refractivity contribution < 1.29 is 19.4 Å². The third-order valence-corrected chi connectivity index (χ3v) is 6.64. The van der Waals surface area contributed by atoms with Crippen molar-refractivity contribution >= 4 is 23.3 Å². The summed E-state index contributed by atoms with van der Waals surface area (Å²) in [4.78, 5) is 27.9. The molecule has 0 saturated carbocycles. The molecule has 3 aromatic carbocycles. The van der Waals surface area contributed by atoms with Gasteiger partial charge in [0.2, 0.25) is 0 Å². The molecule has 0 spiro atoms. The van der Waals surface area contributed by atoms with Gasteiger partial charge in [0, 0.05) is 18.8 Å². The second-order valence-corrected chi connectivity index (χ2v) is 9.26. The Hall–Kier alpha value is -3.80. The van der Waals surface area contributed by atoms with Gasteiger partial charge in [-0.05, 0) is 79.6 Å². The zero-order valence-electron chi connectivity index (χ0n) is 21.0. The van der Waals surface area contributed by atoms with Crippen LogP contribution in [0.15, 0.2) is 60.7 Å². The summed E-state index contributed by atoms with van der Waals surface area (Å²) in [6.45, 7) is 6.52. The highest BCUT2D eigenvalue weighted by atomic mass is 16.5. The standard InChI is InChI=1S/C30H34N2O4/c1-3-4-18-36-28-15-13-23(32-16-8-5-9-17-32)20-26(28)29(33)31-27-19-22(12-14-25(27)30(34)35)24-11-7-6-10-21(24)2/h6-7,10-15,19-20H,3-5,8-9,16-18H2,1-2H3,(H,31,33)(H,34,35). The van der Waals surface area contributed by atoms with Gasteiger partial charge in [0.25, 0.3) is 5.91 Å². The average Bonchev–Trinajstić information content (AvgIpc) is 2.89. The Bertz CT molecular complexity index is 1230. The molecule has 1 fully saturated rings. The highest BCUT2D eigenvalue weighted by Gasteiger charge is 2.20. The molecule has 1 amide bonds. The quantitative estimate of drug-likeness (QED) is 0.326. The van der Waals surface area contributed by atoms with Crippen LogP contribution in [0.4, 0.5) is 11.4 Å². The molecule has 3 aromatic rings. The second kappa shape index (κ2) is 11.8. The summed E-state index contributed by atoms with van der Waals surface area (Å²) < 4.78 is 5.97. The van der Waals surface area contributed by atoms with Crippen molar-refractivity contribution in [2.45, 2.75) is 46.0 Å². The van der Waals surface area contributed by atoms with Crippen LogP contribution in [0.5, 0.6) is 5.75 Å². The van der Waals surface area contributed by atoms with Gasteiger partial charge >= 0.3 is 5.97 Å². The van der Waals surface area contributed by atoms with Crippen molar-refractivity contribution in [2.24, 2.45) is 0 Å². The van der Waals surface area contributed by atoms with E-state index in [4.69, 9.17) is 4.74 Å². The van der Waals surface area contributed by atoms with Gasteiger partial charge in [0.1, 0.15) is 5.75 Å². The number of hydrogen-bond acceptors (Lipinski definition) is 4. The number of amides is 1. The van der Waals surface area contributed by atoms with Gasteiger partial charge in [0.05, 0.1) is 23.4 Å². The van der Waals surface area contributed by atoms with Crippen molar-refractivity contribution in [1.29, 1.82) is 0 Å². The van der Waals surface area contributed by atoms with Gasteiger partial charge in [-0.25, -0.2) is 4.79 Å². The van der Waals surface area contributed by atoms with Crippen LogP contribution in [0.3, 0.4) is 0 Å². The number of anilines is 2. The Morgan fingerprint density at radius 3 is 2.47 bits per heavy atom. The molecular formula is C30H34N2O4. The van der Waals surface area contributed by atoms with Crippen molar-refractivity contribution in [3.05, 3.63) is 77.4 Å². The minimum atomic E-state index is -1.09. The number of aryl methyl sites for hydroxylation is 1. The number of benzene rings is 3. The summed E-state index contributed by atoms with van der Waals surface area (Å²) in [5.41, 5.74) is 4.59. The van der Waals surface area contributed by atoms with Gasteiger partial charge in [-0.1, -0.05) is 43.7 Å². The van der Waals surface area contributed by atoms with Crippen LogP contribution < -0.4 is 15.0 Å². The average molecular weight is 487 g/mol. The molecule has 6 nitrogen and oxygen atoms in total. The Kier molecular flexibility index (Phi) is 8.26. The van der Waals surface area contributed by atoms with E-state index in [-0.39, 0.29) is 17.2 Å². The van der Waals surface area contributed by atoms with Crippen LogP contribution in [-0.4, -0.2) is 36.7 Å². The summed E-state index contributed by atoms with van der Waals surface area (Å²) in [6.07, 6.45) is 5.35. The highest BCUT2D eigenvalue weighted by molar-refractivity contribution is 6.10. The van der Waals surface area contributed by atoms with Gasteiger partial charge in [-0.15, -0.1) is 0 Å². The SMILES string of the molecule is CCCCOc1ccc(N2CCCCC2)cc1C(=O)Nc1cc(-c2ccccc2C)ccc1C(=O)O. The maximum Gasteiger partial charge on any atom is 0.337 e. The molecule has 1 heterocycles. The molecule has 0 atom stereocenters. The minimum Gasteiger partial charge on any atom is -0.493 e. The number of hydrogen-bond donors (Lipinski definition) is 2. The van der Waals surface area contributed by atoms with Gasteiger partial charge in [-0.2, -0.15) is 0 Å². The lowest BCUT2D eigenvalue weighted by molar-refractivity contribution is 0.0698. The first kappa shape index (κ1) is 25.3. The number of rotatable bonds is 9. The zero-order valence-corrected chi connectivity index (χ0v) is 21.0. The molecule has 0 bridgehead atoms. The van der Waals surface area contributed by atoms with E-state index in [0.29, 0.717) is 17.9 Å². The molecule has 2 N–H and O–H groups in total. The Balaban J connectivity index is 1.69. The molecule has 36 heavy (non-hydrogen) atoms. The Labute approximate surface area is 212 Å². The number of carbonyl (C=O) groups is 2. The Morgan fingerprint density at radius 1 is 0.972 bits per heavy atom. The van der Waals surface area contributed by atoms with E-state index in [9.17, 15) is 14.7 Å². The fourth-order valence-electron chi connectivity index (χ4n) is 4.58. The number of nitrogens with one attached hydrogen (secondary N) is 1. The summed E-state index contributed by atoms with van der Waals surface area (Å²) in [7, 11) is 0. The molecule has 1 saturated heterocycles. The van der Waals surface area contributed by atoms with E-state index in [2.05, 4.69) is 17.1 Å². The normalized spacial score (nSPS) is 13.3. The van der Waals surface area contributed by atoms with Crippen molar-refractivity contribution in [1.82, 2.24) is 0 Å². The van der Waals surface area contributed by atoms with E-state index < -0.39 is 5.97 Å². The van der Waals surface area contributed by atoms with Crippen molar-refractivity contribution in [3.8, 4) is 16.9 Å². The van der Waals surface area contributed by atoms with E-state index in [1.54, 1.807) is 18.2 Å². The Morgan fingerprint density at radius 2 is 1.75 bits per heavy atom. The van der Waals surface area contributed by atoms with E-state index >= 15 is 0 Å². The van der Waals surface area contributed by atoms with Crippen LogP contribution in [0, 0.1) is 6.92 Å². The number of carbonyl (C=O) groups excluding carboxylic acids is 1. The molecule has 1 aliphatic rings. The second-order valence-electron chi connectivity index (χ2n) is 9.26. The number of piperidine rings is 1. The number of carboxylic acid groups (broad SMARTS) is 1. The monoisotopic (exact) mass is 486 g/mol. The highest BCUT2D eigenvalue weighted by Crippen LogP contribution is 2.31. The van der Waals surface area contributed by atoms with Crippen LogP contribution in [0.25, 0.3) is 11.1 Å². The third-order valence-electron chi connectivity index (χ3n) is 6.64. The number of ether oxygens (including phenoxy) is 1. The molecule has 4 rings (SSSR count). The molecule has 6 heteroatoms. The van der Waals surface area contributed by atoms with Crippen LogP contribution in [-0.2, 0) is 0 Å². The zero-order chi connectivity index (χ0) is 25.5.